The van der Waals surface area contributed by atoms with Crippen molar-refractivity contribution in [2.45, 2.75) is 45.1 Å². The summed E-state index contributed by atoms with van der Waals surface area (Å²) in [5.74, 6) is -1.83. The van der Waals surface area contributed by atoms with E-state index in [1.165, 1.54) is 4.90 Å². The van der Waals surface area contributed by atoms with E-state index >= 15 is 0 Å². The fourth-order valence-electron chi connectivity index (χ4n) is 5.10. The van der Waals surface area contributed by atoms with Crippen LogP contribution in [0, 0.1) is 0 Å². The summed E-state index contributed by atoms with van der Waals surface area (Å²) in [6.45, 7) is 2.05. The van der Waals surface area contributed by atoms with Crippen molar-refractivity contribution in [3.8, 4) is 5.75 Å². The fourth-order valence-corrected chi connectivity index (χ4v) is 5.10. The van der Waals surface area contributed by atoms with Crippen LogP contribution >= 0.6 is 0 Å². The maximum atomic E-state index is 14.1. The molecule has 0 spiro atoms. The Morgan fingerprint density at radius 3 is 1.90 bits per heavy atom. The molecule has 0 unspecified atom stereocenters. The summed E-state index contributed by atoms with van der Waals surface area (Å²) in [5.41, 5.74) is 4.57. The standard InChI is InChI=1S/C32H29NO5.C2H6O.Na/c34-20-26-17-16-25-19-33(31(35)29(23-12-6-2-7-13-23)24-14-8-3-9-15-24)28(32(36)37)18-27(25)30(26)38-21-22-10-4-1-5-11-22;1-2-3;/h1-17,28-29,34H,18-21H2,(H,36,37);3H,2H2,1H3;/q;;+1/p-1/t28-;;/m0../s1. The summed E-state index contributed by atoms with van der Waals surface area (Å²) in [4.78, 5) is 27.9. The third-order valence-electron chi connectivity index (χ3n) is 7.02. The number of carboxylic acids is 1. The molecule has 0 aliphatic carbocycles. The van der Waals surface area contributed by atoms with Gasteiger partial charge >= 0.3 is 29.6 Å². The number of hydrogen-bond donors (Lipinski definition) is 2. The van der Waals surface area contributed by atoms with Crippen LogP contribution in [0.2, 0.25) is 0 Å². The van der Waals surface area contributed by atoms with Crippen LogP contribution in [0.1, 0.15) is 46.2 Å². The van der Waals surface area contributed by atoms with E-state index in [0.29, 0.717) is 16.9 Å². The van der Waals surface area contributed by atoms with E-state index in [0.717, 1.165) is 22.3 Å². The molecule has 1 atom stereocenters. The van der Waals surface area contributed by atoms with Crippen LogP contribution < -0.4 is 39.4 Å². The first-order valence-corrected chi connectivity index (χ1v) is 13.6. The molecule has 4 aromatic rings. The van der Waals surface area contributed by atoms with E-state index in [2.05, 4.69) is 0 Å². The summed E-state index contributed by atoms with van der Waals surface area (Å²) in [7, 11) is 0. The second-order valence-corrected chi connectivity index (χ2v) is 9.70. The van der Waals surface area contributed by atoms with E-state index in [9.17, 15) is 19.8 Å². The van der Waals surface area contributed by atoms with Crippen molar-refractivity contribution in [2.24, 2.45) is 0 Å². The Morgan fingerprint density at radius 1 is 0.881 bits per heavy atom. The molecule has 8 heteroatoms. The number of aliphatic carboxylic acids is 1. The Bertz CT molecular complexity index is 1390. The number of benzene rings is 4. The molecule has 1 aliphatic heterocycles. The Balaban J connectivity index is 0.00000116. The van der Waals surface area contributed by atoms with Gasteiger partial charge in [0.15, 0.2) is 0 Å². The third kappa shape index (κ3) is 7.88. The average Bonchev–Trinajstić information content (AvgIpc) is 3.01. The Morgan fingerprint density at radius 2 is 1.40 bits per heavy atom. The predicted octanol–water partition coefficient (Wildman–Crippen LogP) is 0.596. The van der Waals surface area contributed by atoms with Crippen LogP contribution in [0.3, 0.4) is 0 Å². The van der Waals surface area contributed by atoms with Crippen LogP contribution in [-0.2, 0) is 35.8 Å². The summed E-state index contributed by atoms with van der Waals surface area (Å²) in [5, 5.41) is 30.0. The number of aliphatic hydroxyl groups excluding tert-OH is 2. The minimum absolute atomic E-state index is 0. The van der Waals surface area contributed by atoms with Crippen molar-refractivity contribution in [1.29, 1.82) is 0 Å². The molecule has 2 N–H and O–H groups in total. The zero-order valence-corrected chi connectivity index (χ0v) is 26.0. The van der Waals surface area contributed by atoms with Crippen molar-refractivity contribution in [3.05, 3.63) is 137 Å². The Labute approximate surface area is 268 Å². The number of carbonyl (C=O) groups excluding carboxylic acids is 2. The van der Waals surface area contributed by atoms with Gasteiger partial charge in [0.25, 0.3) is 0 Å². The van der Waals surface area contributed by atoms with Gasteiger partial charge in [-0.3, -0.25) is 4.79 Å². The van der Waals surface area contributed by atoms with Crippen LogP contribution in [0.4, 0.5) is 0 Å². The molecule has 1 aliphatic rings. The number of nitrogens with zero attached hydrogens (tertiary/aromatic N) is 1. The largest absolute Gasteiger partial charge is 1.00 e. The molecule has 0 saturated heterocycles. The van der Waals surface area contributed by atoms with E-state index in [4.69, 9.17) is 9.84 Å². The smallest absolute Gasteiger partial charge is 0.548 e. The molecule has 0 bridgehead atoms. The summed E-state index contributed by atoms with van der Waals surface area (Å²) >= 11 is 0. The van der Waals surface area contributed by atoms with Gasteiger partial charge in [-0.2, -0.15) is 0 Å². The molecule has 0 radical (unpaired) electrons. The first-order chi connectivity index (χ1) is 20.0. The normalized spacial score (nSPS) is 13.7. The minimum atomic E-state index is -1.33. The van der Waals surface area contributed by atoms with Gasteiger partial charge < -0.3 is 29.8 Å². The van der Waals surface area contributed by atoms with Gasteiger partial charge in [-0.25, -0.2) is 0 Å². The first kappa shape index (κ1) is 33.0. The molecule has 0 aromatic heterocycles. The van der Waals surface area contributed by atoms with Gasteiger partial charge in [-0.15, -0.1) is 0 Å². The topological polar surface area (TPSA) is 110 Å². The molecular weight excluding hydrogens is 541 g/mol. The maximum absolute atomic E-state index is 14.1. The number of carboxylic acid groups (broad SMARTS) is 1. The van der Waals surface area contributed by atoms with Gasteiger partial charge in [0.1, 0.15) is 12.4 Å². The van der Waals surface area contributed by atoms with Gasteiger partial charge in [0.05, 0.1) is 24.5 Å². The molecule has 4 aromatic carbocycles. The maximum Gasteiger partial charge on any atom is 1.00 e. The molecule has 1 heterocycles. The molecule has 0 saturated carbocycles. The van der Waals surface area contributed by atoms with Crippen LogP contribution in [0.15, 0.2) is 103 Å². The summed E-state index contributed by atoms with van der Waals surface area (Å²) in [6, 6.07) is 30.8. The van der Waals surface area contributed by atoms with E-state index in [1.807, 2.05) is 97.1 Å². The molecule has 212 valence electrons. The van der Waals surface area contributed by atoms with Crippen molar-refractivity contribution in [1.82, 2.24) is 4.90 Å². The number of ether oxygens (including phenoxy) is 1. The summed E-state index contributed by atoms with van der Waals surface area (Å²) < 4.78 is 6.15. The molecule has 0 fully saturated rings. The molecule has 5 rings (SSSR count). The molecule has 1 amide bonds. The van der Waals surface area contributed by atoms with E-state index < -0.39 is 17.9 Å². The number of fused-ring (bicyclic) bond motifs is 1. The van der Waals surface area contributed by atoms with Gasteiger partial charge in [0.2, 0.25) is 5.91 Å². The molecular formula is C34H34NNaO6. The molecule has 7 nitrogen and oxygen atoms in total. The van der Waals surface area contributed by atoms with Crippen LogP contribution in [0.25, 0.3) is 0 Å². The number of aliphatic hydroxyl groups is 2. The van der Waals surface area contributed by atoms with Crippen LogP contribution in [-0.4, -0.2) is 39.6 Å². The van der Waals surface area contributed by atoms with E-state index in [1.54, 1.807) is 13.0 Å². The van der Waals surface area contributed by atoms with Gasteiger partial charge in [-0.05, 0) is 29.2 Å². The van der Waals surface area contributed by atoms with Crippen molar-refractivity contribution in [2.75, 3.05) is 6.61 Å². The SMILES string of the molecule is CCO.O=C([O-])[C@@H]1Cc2c(ccc(CO)c2OCc2ccccc2)CN1C(=O)C(c1ccccc1)c1ccccc1.[Na+]. The number of amides is 1. The van der Waals surface area contributed by atoms with E-state index in [-0.39, 0.29) is 68.3 Å². The van der Waals surface area contributed by atoms with Gasteiger partial charge in [0, 0.05) is 30.7 Å². The summed E-state index contributed by atoms with van der Waals surface area (Å²) in [6.07, 6.45) is 0.0255. The first-order valence-electron chi connectivity index (χ1n) is 13.6. The minimum Gasteiger partial charge on any atom is -0.548 e. The fraction of sp³-hybridized carbons (Fsp3) is 0.235. The third-order valence-corrected chi connectivity index (χ3v) is 7.02. The number of carbonyl (C=O) groups is 2. The second-order valence-electron chi connectivity index (χ2n) is 9.70. The molecule has 42 heavy (non-hydrogen) atoms. The zero-order valence-electron chi connectivity index (χ0n) is 24.0. The average molecular weight is 576 g/mol. The number of hydrogen-bond acceptors (Lipinski definition) is 6. The van der Waals surface area contributed by atoms with Crippen molar-refractivity contribution < 1.29 is 59.2 Å². The zero-order chi connectivity index (χ0) is 29.2. The predicted molar refractivity (Wildman–Crippen MR) is 154 cm³/mol. The van der Waals surface area contributed by atoms with Crippen molar-refractivity contribution >= 4 is 11.9 Å². The quantitative estimate of drug-likeness (QED) is 0.298. The Kier molecular flexibility index (Phi) is 12.8. The number of rotatable bonds is 8. The second kappa shape index (κ2) is 16.2. The monoisotopic (exact) mass is 575 g/mol. The van der Waals surface area contributed by atoms with Crippen molar-refractivity contribution in [3.63, 3.8) is 0 Å². The Hall–Kier alpha value is -3.46. The van der Waals surface area contributed by atoms with Crippen LogP contribution in [0.5, 0.6) is 5.75 Å². The van der Waals surface area contributed by atoms with Gasteiger partial charge in [-0.1, -0.05) is 103 Å².